The fourth-order valence-electron chi connectivity index (χ4n) is 1.43. The molecular formula is C11H16N4S. The van der Waals surface area contributed by atoms with Crippen LogP contribution in [0.1, 0.15) is 19.5 Å². The minimum Gasteiger partial charge on any atom is -0.361 e. The first-order chi connectivity index (χ1) is 7.75. The molecule has 0 spiro atoms. The van der Waals surface area contributed by atoms with Crippen LogP contribution in [0.4, 0.5) is 0 Å². The molecule has 0 saturated carbocycles. The van der Waals surface area contributed by atoms with Gasteiger partial charge in [0.2, 0.25) is 0 Å². The summed E-state index contributed by atoms with van der Waals surface area (Å²) in [4.78, 5) is 12.5. The van der Waals surface area contributed by atoms with E-state index in [0.717, 1.165) is 16.6 Å². The van der Waals surface area contributed by atoms with E-state index in [-0.39, 0.29) is 0 Å². The Hall–Kier alpha value is -1.10. The third kappa shape index (κ3) is 2.95. The molecular weight excluding hydrogens is 220 g/mol. The number of aliphatic imine (C=N–C) groups is 1. The summed E-state index contributed by atoms with van der Waals surface area (Å²) in [6.07, 6.45) is 3.30. The topological polar surface area (TPSA) is 50.2 Å². The molecule has 0 bridgehead atoms. The molecule has 1 saturated heterocycles. The average molecular weight is 236 g/mol. The molecule has 86 valence electrons. The number of nitrogens with zero attached hydrogens (tertiary/aromatic N) is 3. The van der Waals surface area contributed by atoms with Gasteiger partial charge < -0.3 is 5.32 Å². The van der Waals surface area contributed by atoms with Crippen LogP contribution in [0.15, 0.2) is 23.6 Å². The fraction of sp³-hybridized carbons (Fsp3) is 0.545. The minimum absolute atomic E-state index is 0.550. The van der Waals surface area contributed by atoms with E-state index in [4.69, 9.17) is 0 Å². The van der Waals surface area contributed by atoms with Gasteiger partial charge in [0.25, 0.3) is 0 Å². The second-order valence-corrected chi connectivity index (χ2v) is 5.14. The number of nitrogens with one attached hydrogen (secondary N) is 1. The minimum atomic E-state index is 0.550. The van der Waals surface area contributed by atoms with Crippen molar-refractivity contribution in [1.82, 2.24) is 15.3 Å². The summed E-state index contributed by atoms with van der Waals surface area (Å²) in [5, 5.41) is 4.47. The zero-order valence-electron chi connectivity index (χ0n) is 9.55. The van der Waals surface area contributed by atoms with Gasteiger partial charge in [0, 0.05) is 18.0 Å². The summed E-state index contributed by atoms with van der Waals surface area (Å²) in [6.45, 7) is 5.08. The molecule has 1 aromatic rings. The van der Waals surface area contributed by atoms with Crippen molar-refractivity contribution in [3.8, 4) is 0 Å². The van der Waals surface area contributed by atoms with Crippen molar-refractivity contribution in [2.24, 2.45) is 10.9 Å². The van der Waals surface area contributed by atoms with Crippen LogP contribution in [0, 0.1) is 5.92 Å². The van der Waals surface area contributed by atoms with Gasteiger partial charge in [0.1, 0.15) is 6.33 Å². The molecule has 1 aliphatic rings. The van der Waals surface area contributed by atoms with Gasteiger partial charge in [-0.2, -0.15) is 0 Å². The average Bonchev–Trinajstić information content (AvgIpc) is 2.76. The summed E-state index contributed by atoms with van der Waals surface area (Å²) in [5.41, 5.74) is 0.956. The zero-order chi connectivity index (χ0) is 11.4. The highest BCUT2D eigenvalue weighted by Gasteiger charge is 2.22. The van der Waals surface area contributed by atoms with E-state index in [9.17, 15) is 0 Å². The normalized spacial score (nSPS) is 22.7. The first-order valence-electron chi connectivity index (χ1n) is 5.44. The summed E-state index contributed by atoms with van der Waals surface area (Å²) in [5.74, 6) is 1.76. The number of hydrogen-bond donors (Lipinski definition) is 1. The first-order valence-corrected chi connectivity index (χ1v) is 6.43. The third-order valence-electron chi connectivity index (χ3n) is 2.54. The Balaban J connectivity index is 1.90. The van der Waals surface area contributed by atoms with Crippen molar-refractivity contribution in [1.29, 1.82) is 0 Å². The molecule has 1 aliphatic heterocycles. The van der Waals surface area contributed by atoms with Crippen molar-refractivity contribution < 1.29 is 0 Å². The maximum Gasteiger partial charge on any atom is 0.157 e. The second-order valence-electron chi connectivity index (χ2n) is 4.13. The molecule has 4 nitrogen and oxygen atoms in total. The summed E-state index contributed by atoms with van der Waals surface area (Å²) in [6, 6.07) is 2.44. The van der Waals surface area contributed by atoms with Crippen LogP contribution in [-0.2, 0) is 6.54 Å². The largest absolute Gasteiger partial charge is 0.361 e. The van der Waals surface area contributed by atoms with Crippen molar-refractivity contribution in [3.63, 3.8) is 0 Å². The maximum absolute atomic E-state index is 4.50. The van der Waals surface area contributed by atoms with Gasteiger partial charge in [-0.3, -0.25) is 4.99 Å². The number of thioether (sulfide) groups is 1. The van der Waals surface area contributed by atoms with Crippen LogP contribution < -0.4 is 5.32 Å². The molecule has 5 heteroatoms. The predicted molar refractivity (Wildman–Crippen MR) is 67.4 cm³/mol. The Labute approximate surface area is 100.0 Å². The van der Waals surface area contributed by atoms with E-state index in [2.05, 4.69) is 34.1 Å². The van der Waals surface area contributed by atoms with Gasteiger partial charge in [-0.1, -0.05) is 25.6 Å². The summed E-state index contributed by atoms with van der Waals surface area (Å²) >= 11 is 1.79. The Morgan fingerprint density at radius 1 is 1.62 bits per heavy atom. The fourth-order valence-corrected chi connectivity index (χ4v) is 2.62. The van der Waals surface area contributed by atoms with E-state index in [1.807, 2.05) is 6.07 Å². The van der Waals surface area contributed by atoms with Crippen LogP contribution in [-0.4, -0.2) is 26.9 Å². The number of rotatable bonds is 3. The molecule has 1 N–H and O–H groups in total. The van der Waals surface area contributed by atoms with Crippen molar-refractivity contribution >= 4 is 16.9 Å². The molecule has 1 aromatic heterocycles. The number of hydrogen-bond acceptors (Lipinski definition) is 4. The molecule has 16 heavy (non-hydrogen) atoms. The second kappa shape index (κ2) is 5.30. The smallest absolute Gasteiger partial charge is 0.157 e. The highest BCUT2D eigenvalue weighted by atomic mass is 32.2. The lowest BCUT2D eigenvalue weighted by Crippen LogP contribution is -2.31. The van der Waals surface area contributed by atoms with Gasteiger partial charge >= 0.3 is 0 Å². The molecule has 1 fully saturated rings. The number of amidine groups is 1. The van der Waals surface area contributed by atoms with Crippen molar-refractivity contribution in [3.05, 3.63) is 24.3 Å². The molecule has 1 atom stereocenters. The zero-order valence-corrected chi connectivity index (χ0v) is 10.4. The SMILES string of the molecule is CC(C)C1CSC(=NCc2ccncn2)N1. The van der Waals surface area contributed by atoms with Crippen LogP contribution in [0.5, 0.6) is 0 Å². The maximum atomic E-state index is 4.50. The van der Waals surface area contributed by atoms with E-state index < -0.39 is 0 Å². The monoisotopic (exact) mass is 236 g/mol. The lowest BCUT2D eigenvalue weighted by molar-refractivity contribution is 0.503. The van der Waals surface area contributed by atoms with E-state index in [1.54, 1.807) is 24.3 Å². The highest BCUT2D eigenvalue weighted by molar-refractivity contribution is 8.14. The predicted octanol–water partition coefficient (Wildman–Crippen LogP) is 1.69. The first kappa shape index (κ1) is 11.4. The highest BCUT2D eigenvalue weighted by Crippen LogP contribution is 2.19. The van der Waals surface area contributed by atoms with Crippen LogP contribution >= 0.6 is 11.8 Å². The van der Waals surface area contributed by atoms with E-state index in [0.29, 0.717) is 18.5 Å². The van der Waals surface area contributed by atoms with Crippen LogP contribution in [0.2, 0.25) is 0 Å². The Bertz CT molecular complexity index is 364. The molecule has 0 radical (unpaired) electrons. The Morgan fingerprint density at radius 2 is 2.50 bits per heavy atom. The Kier molecular flexibility index (Phi) is 3.77. The van der Waals surface area contributed by atoms with Crippen molar-refractivity contribution in [2.75, 3.05) is 5.75 Å². The summed E-state index contributed by atoms with van der Waals surface area (Å²) in [7, 11) is 0. The van der Waals surface area contributed by atoms with Gasteiger partial charge in [0.15, 0.2) is 5.17 Å². The molecule has 2 heterocycles. The van der Waals surface area contributed by atoms with Gasteiger partial charge in [0.05, 0.1) is 12.2 Å². The molecule has 0 amide bonds. The quantitative estimate of drug-likeness (QED) is 0.867. The molecule has 2 rings (SSSR count). The third-order valence-corrected chi connectivity index (χ3v) is 3.59. The van der Waals surface area contributed by atoms with Gasteiger partial charge in [-0.15, -0.1) is 0 Å². The van der Waals surface area contributed by atoms with Gasteiger partial charge in [-0.25, -0.2) is 9.97 Å². The summed E-state index contributed by atoms with van der Waals surface area (Å²) < 4.78 is 0. The van der Waals surface area contributed by atoms with E-state index in [1.165, 1.54) is 0 Å². The lowest BCUT2D eigenvalue weighted by Gasteiger charge is -2.12. The number of aromatic nitrogens is 2. The lowest BCUT2D eigenvalue weighted by atomic mass is 10.1. The standard InChI is InChI=1S/C11H16N4S/c1-8(2)10-6-16-11(15-10)13-5-9-3-4-12-7-14-9/h3-4,7-8,10H,5-6H2,1-2H3,(H,13,15). The molecule has 0 aliphatic carbocycles. The van der Waals surface area contributed by atoms with Crippen LogP contribution in [0.25, 0.3) is 0 Å². The van der Waals surface area contributed by atoms with Crippen molar-refractivity contribution in [2.45, 2.75) is 26.4 Å². The molecule has 0 aromatic carbocycles. The van der Waals surface area contributed by atoms with E-state index >= 15 is 0 Å². The van der Waals surface area contributed by atoms with Crippen LogP contribution in [0.3, 0.4) is 0 Å². The Morgan fingerprint density at radius 3 is 3.12 bits per heavy atom. The van der Waals surface area contributed by atoms with Gasteiger partial charge in [-0.05, 0) is 12.0 Å². The molecule has 1 unspecified atom stereocenters.